The minimum atomic E-state index is -0.600. The normalized spacial score (nSPS) is 20.2. The maximum Gasteiger partial charge on any atom is 0.315 e. The van der Waals surface area contributed by atoms with Gasteiger partial charge in [0.1, 0.15) is 17.4 Å². The number of aromatic nitrogens is 1. The zero-order valence-corrected chi connectivity index (χ0v) is 14.4. The van der Waals surface area contributed by atoms with E-state index in [1.807, 2.05) is 20.8 Å². The Morgan fingerprint density at radius 1 is 1.40 bits per heavy atom. The molecule has 3 rings (SSSR count). The van der Waals surface area contributed by atoms with E-state index in [9.17, 15) is 13.6 Å². The zero-order valence-electron chi connectivity index (χ0n) is 14.4. The molecule has 2 amide bonds. The number of urea groups is 1. The number of halogens is 2. The second kappa shape index (κ2) is 6.82. The largest absolute Gasteiger partial charge is 0.361 e. The molecule has 25 heavy (non-hydrogen) atoms. The van der Waals surface area contributed by atoms with Crippen LogP contribution in [0.1, 0.15) is 41.8 Å². The van der Waals surface area contributed by atoms with Gasteiger partial charge < -0.3 is 15.2 Å². The van der Waals surface area contributed by atoms with E-state index in [2.05, 4.69) is 15.8 Å². The Labute approximate surface area is 144 Å². The second-order valence-electron chi connectivity index (χ2n) is 6.64. The van der Waals surface area contributed by atoms with Crippen LogP contribution in [0.2, 0.25) is 0 Å². The molecule has 2 N–H and O–H groups in total. The third-order valence-corrected chi connectivity index (χ3v) is 4.54. The minimum absolute atomic E-state index is 0.100. The second-order valence-corrected chi connectivity index (χ2v) is 6.64. The highest BCUT2D eigenvalue weighted by atomic mass is 19.1. The molecule has 0 spiro atoms. The predicted octanol–water partition coefficient (Wildman–Crippen LogP) is 3.36. The molecule has 1 saturated carbocycles. The van der Waals surface area contributed by atoms with Crippen LogP contribution in [-0.2, 0) is 6.42 Å². The third-order valence-electron chi connectivity index (χ3n) is 4.54. The first kappa shape index (κ1) is 17.4. The Kier molecular flexibility index (Phi) is 4.74. The van der Waals surface area contributed by atoms with E-state index in [0.717, 1.165) is 23.1 Å². The summed E-state index contributed by atoms with van der Waals surface area (Å²) in [6, 6.07) is 3.02. The Balaban J connectivity index is 1.50. The fourth-order valence-corrected chi connectivity index (χ4v) is 3.08. The standard InChI is InChI=1S/C18H21F2N3O2/c1-9(6-14-10(2)23-25-11(14)3)21-18(24)22-17-8-15(17)13-5-4-12(19)7-16(13)20/h4-5,7,9,15,17H,6,8H2,1-3H3,(H2,21,22,24). The number of carbonyl (C=O) groups is 1. The van der Waals surface area contributed by atoms with Gasteiger partial charge in [-0.2, -0.15) is 0 Å². The molecule has 1 aromatic carbocycles. The SMILES string of the molecule is Cc1noc(C)c1CC(C)NC(=O)NC1CC1c1ccc(F)cc1F. The van der Waals surface area contributed by atoms with E-state index in [1.54, 1.807) is 0 Å². The van der Waals surface area contributed by atoms with Crippen molar-refractivity contribution in [1.82, 2.24) is 15.8 Å². The summed E-state index contributed by atoms with van der Waals surface area (Å²) in [5, 5.41) is 9.60. The lowest BCUT2D eigenvalue weighted by molar-refractivity contribution is 0.237. The van der Waals surface area contributed by atoms with Crippen molar-refractivity contribution in [2.75, 3.05) is 0 Å². The molecule has 7 heteroatoms. The van der Waals surface area contributed by atoms with Crippen LogP contribution < -0.4 is 10.6 Å². The first-order valence-corrected chi connectivity index (χ1v) is 8.29. The minimum Gasteiger partial charge on any atom is -0.361 e. The molecule has 0 aliphatic heterocycles. The quantitative estimate of drug-likeness (QED) is 0.870. The van der Waals surface area contributed by atoms with Gasteiger partial charge in [-0.05, 0) is 45.2 Å². The molecule has 3 unspecified atom stereocenters. The lowest BCUT2D eigenvalue weighted by Crippen LogP contribution is -2.43. The van der Waals surface area contributed by atoms with E-state index in [0.29, 0.717) is 18.4 Å². The van der Waals surface area contributed by atoms with E-state index >= 15 is 0 Å². The van der Waals surface area contributed by atoms with Crippen molar-refractivity contribution >= 4 is 6.03 Å². The Morgan fingerprint density at radius 3 is 2.80 bits per heavy atom. The monoisotopic (exact) mass is 349 g/mol. The molecule has 3 atom stereocenters. The topological polar surface area (TPSA) is 67.2 Å². The number of nitrogens with zero attached hydrogens (tertiary/aromatic N) is 1. The van der Waals surface area contributed by atoms with Crippen LogP contribution in [-0.4, -0.2) is 23.3 Å². The Morgan fingerprint density at radius 2 is 2.16 bits per heavy atom. The number of aryl methyl sites for hydroxylation is 2. The average molecular weight is 349 g/mol. The molecule has 5 nitrogen and oxygen atoms in total. The van der Waals surface area contributed by atoms with Gasteiger partial charge in [0.25, 0.3) is 0 Å². The van der Waals surface area contributed by atoms with Crippen LogP contribution in [0.5, 0.6) is 0 Å². The maximum absolute atomic E-state index is 13.8. The number of amides is 2. The molecular weight excluding hydrogens is 328 g/mol. The van der Waals surface area contributed by atoms with Crippen molar-refractivity contribution in [3.05, 3.63) is 52.4 Å². The molecule has 0 bridgehead atoms. The molecule has 1 aliphatic carbocycles. The number of hydrogen-bond acceptors (Lipinski definition) is 3. The van der Waals surface area contributed by atoms with Gasteiger partial charge in [0.05, 0.1) is 5.69 Å². The number of rotatable bonds is 5. The molecule has 1 fully saturated rings. The number of nitrogens with one attached hydrogen (secondary N) is 2. The highest BCUT2D eigenvalue weighted by Gasteiger charge is 2.41. The molecule has 1 aromatic heterocycles. The fraction of sp³-hybridized carbons (Fsp3) is 0.444. The lowest BCUT2D eigenvalue weighted by atomic mass is 10.1. The van der Waals surface area contributed by atoms with Gasteiger partial charge in [-0.1, -0.05) is 11.2 Å². The highest BCUT2D eigenvalue weighted by Crippen LogP contribution is 2.41. The molecule has 1 heterocycles. The number of carbonyl (C=O) groups excluding carboxylic acids is 1. The molecule has 1 aliphatic rings. The van der Waals surface area contributed by atoms with Crippen molar-refractivity contribution < 1.29 is 18.1 Å². The van der Waals surface area contributed by atoms with Crippen molar-refractivity contribution in [2.24, 2.45) is 0 Å². The van der Waals surface area contributed by atoms with E-state index < -0.39 is 11.6 Å². The Hall–Kier alpha value is -2.44. The van der Waals surface area contributed by atoms with Gasteiger partial charge >= 0.3 is 6.03 Å². The molecule has 0 saturated heterocycles. The lowest BCUT2D eigenvalue weighted by Gasteiger charge is -2.14. The van der Waals surface area contributed by atoms with Gasteiger partial charge in [0.2, 0.25) is 0 Å². The van der Waals surface area contributed by atoms with Crippen molar-refractivity contribution in [3.63, 3.8) is 0 Å². The average Bonchev–Trinajstić information content (AvgIpc) is 3.20. The van der Waals surface area contributed by atoms with Crippen LogP contribution in [0.25, 0.3) is 0 Å². The maximum atomic E-state index is 13.8. The molecule has 134 valence electrons. The summed E-state index contributed by atoms with van der Waals surface area (Å²) in [4.78, 5) is 12.1. The first-order chi connectivity index (χ1) is 11.8. The van der Waals surface area contributed by atoms with Crippen LogP contribution in [0, 0.1) is 25.5 Å². The van der Waals surface area contributed by atoms with Crippen molar-refractivity contribution in [1.29, 1.82) is 0 Å². The smallest absolute Gasteiger partial charge is 0.315 e. The van der Waals surface area contributed by atoms with E-state index in [4.69, 9.17) is 4.52 Å². The summed E-state index contributed by atoms with van der Waals surface area (Å²) in [6.07, 6.45) is 1.27. The fourth-order valence-electron chi connectivity index (χ4n) is 3.08. The first-order valence-electron chi connectivity index (χ1n) is 8.29. The van der Waals surface area contributed by atoms with Gasteiger partial charge in [-0.25, -0.2) is 13.6 Å². The van der Waals surface area contributed by atoms with Crippen LogP contribution in [0.15, 0.2) is 22.7 Å². The van der Waals surface area contributed by atoms with Gasteiger partial charge in [-0.15, -0.1) is 0 Å². The van der Waals surface area contributed by atoms with Crippen molar-refractivity contribution in [3.8, 4) is 0 Å². The van der Waals surface area contributed by atoms with Crippen LogP contribution in [0.4, 0.5) is 13.6 Å². The molecule has 2 aromatic rings. The van der Waals surface area contributed by atoms with Crippen LogP contribution in [0.3, 0.4) is 0 Å². The molecular formula is C18H21F2N3O2. The number of benzene rings is 1. The molecule has 0 radical (unpaired) electrons. The van der Waals surface area contributed by atoms with Gasteiger partial charge in [0, 0.05) is 29.6 Å². The van der Waals surface area contributed by atoms with E-state index in [-0.39, 0.29) is 24.0 Å². The summed E-state index contributed by atoms with van der Waals surface area (Å²) in [5.74, 6) is -0.524. The van der Waals surface area contributed by atoms with Crippen molar-refractivity contribution in [2.45, 2.75) is 51.6 Å². The predicted molar refractivity (Wildman–Crippen MR) is 88.3 cm³/mol. The summed E-state index contributed by atoms with van der Waals surface area (Å²) in [7, 11) is 0. The Bertz CT molecular complexity index is 771. The van der Waals surface area contributed by atoms with E-state index in [1.165, 1.54) is 12.1 Å². The summed E-state index contributed by atoms with van der Waals surface area (Å²) < 4.78 is 31.8. The highest BCUT2D eigenvalue weighted by molar-refractivity contribution is 5.75. The van der Waals surface area contributed by atoms with Gasteiger partial charge in [0.15, 0.2) is 0 Å². The van der Waals surface area contributed by atoms with Crippen LogP contribution >= 0.6 is 0 Å². The number of hydrogen-bond donors (Lipinski definition) is 2. The summed E-state index contributed by atoms with van der Waals surface area (Å²) in [5.41, 5.74) is 2.25. The summed E-state index contributed by atoms with van der Waals surface area (Å²) >= 11 is 0. The zero-order chi connectivity index (χ0) is 18.1. The third kappa shape index (κ3) is 3.97. The van der Waals surface area contributed by atoms with Gasteiger partial charge in [-0.3, -0.25) is 0 Å². The summed E-state index contributed by atoms with van der Waals surface area (Å²) in [6.45, 7) is 5.61.